The molecule has 4 rings (SSSR count). The number of carbonyl (C=O) groups is 1. The summed E-state index contributed by atoms with van der Waals surface area (Å²) < 4.78 is 34.5. The normalized spacial score (nSPS) is 12.5. The van der Waals surface area contributed by atoms with Crippen molar-refractivity contribution in [3.05, 3.63) is 93.3 Å². The number of nitrogens with one attached hydrogen (secondary N) is 1. The number of amides is 1. The third-order valence-electron chi connectivity index (χ3n) is 6.97. The molecule has 0 fully saturated rings. The van der Waals surface area contributed by atoms with Gasteiger partial charge in [0, 0.05) is 20.8 Å². The van der Waals surface area contributed by atoms with Gasteiger partial charge in [-0.15, -0.1) is 11.3 Å². The Labute approximate surface area is 232 Å². The summed E-state index contributed by atoms with van der Waals surface area (Å²) in [6, 6.07) is 20.5. The molecule has 4 aromatic rings. The Morgan fingerprint density at radius 3 is 2.16 bits per heavy atom. The van der Waals surface area contributed by atoms with Gasteiger partial charge in [-0.05, 0) is 84.5 Å². The molecule has 0 bridgehead atoms. The maximum Gasteiger partial charge on any atom is 0.276 e. The van der Waals surface area contributed by atoms with E-state index in [1.165, 1.54) is 11.3 Å². The highest BCUT2D eigenvalue weighted by Gasteiger charge is 2.36. The van der Waals surface area contributed by atoms with Crippen LogP contribution >= 0.6 is 22.9 Å². The number of anilines is 1. The maximum atomic E-state index is 13.2. The fourth-order valence-corrected chi connectivity index (χ4v) is 6.28. The summed E-state index contributed by atoms with van der Waals surface area (Å²) in [6.45, 7) is 7.39. The Hall–Kier alpha value is -2.91. The van der Waals surface area contributed by atoms with Crippen LogP contribution < -0.4 is 10.1 Å². The van der Waals surface area contributed by atoms with E-state index in [1.807, 2.05) is 42.5 Å². The van der Waals surface area contributed by atoms with Gasteiger partial charge in [0.1, 0.15) is 10.5 Å². The second-order valence-corrected chi connectivity index (χ2v) is 13.8. The zero-order valence-electron chi connectivity index (χ0n) is 22.1. The molecular weight excluding hydrogens is 542 g/mol. The lowest BCUT2D eigenvalue weighted by Crippen LogP contribution is -2.30. The van der Waals surface area contributed by atoms with Crippen LogP contribution in [-0.2, 0) is 24.5 Å². The van der Waals surface area contributed by atoms with E-state index < -0.39 is 14.9 Å². The van der Waals surface area contributed by atoms with E-state index in [-0.39, 0.29) is 11.3 Å². The van der Waals surface area contributed by atoms with Crippen molar-refractivity contribution in [3.63, 3.8) is 0 Å². The number of hydrogen-bond acceptors (Lipinski definition) is 6. The van der Waals surface area contributed by atoms with Crippen LogP contribution in [0.15, 0.2) is 66.7 Å². The van der Waals surface area contributed by atoms with Gasteiger partial charge < -0.3 is 10.1 Å². The van der Waals surface area contributed by atoms with Gasteiger partial charge >= 0.3 is 0 Å². The van der Waals surface area contributed by atoms with Crippen molar-refractivity contribution in [3.8, 4) is 5.75 Å². The molecule has 0 aliphatic carbocycles. The summed E-state index contributed by atoms with van der Waals surface area (Å²) in [5.41, 5.74) is 2.83. The van der Waals surface area contributed by atoms with E-state index in [0.717, 1.165) is 34.1 Å². The quantitative estimate of drug-likeness (QED) is 0.224. The van der Waals surface area contributed by atoms with Crippen LogP contribution in [0.25, 0.3) is 10.1 Å². The summed E-state index contributed by atoms with van der Waals surface area (Å²) in [5.74, 6) is 0.509. The molecule has 0 saturated heterocycles. The number of rotatable bonds is 8. The van der Waals surface area contributed by atoms with Gasteiger partial charge in [0.05, 0.1) is 19.1 Å². The summed E-state index contributed by atoms with van der Waals surface area (Å²) in [5, 5.41) is 4.27. The summed E-state index contributed by atoms with van der Waals surface area (Å²) >= 11 is 7.80. The van der Waals surface area contributed by atoms with Crippen molar-refractivity contribution < 1.29 is 22.1 Å². The van der Waals surface area contributed by atoms with Gasteiger partial charge in [-0.25, -0.2) is 0 Å². The monoisotopic (exact) mass is 571 g/mol. The minimum Gasteiger partial charge on any atom is -0.497 e. The van der Waals surface area contributed by atoms with Gasteiger partial charge in [0.2, 0.25) is 0 Å². The van der Waals surface area contributed by atoms with Crippen molar-refractivity contribution in [1.29, 1.82) is 0 Å². The van der Waals surface area contributed by atoms with E-state index in [0.29, 0.717) is 21.2 Å². The van der Waals surface area contributed by atoms with Crippen molar-refractivity contribution in [2.45, 2.75) is 37.9 Å². The molecule has 1 amide bonds. The van der Waals surface area contributed by atoms with E-state index >= 15 is 0 Å². The average Bonchev–Trinajstić information content (AvgIpc) is 3.32. The Bertz CT molecular complexity index is 1610. The number of thiophene rings is 1. The molecule has 3 aromatic carbocycles. The Morgan fingerprint density at radius 2 is 1.53 bits per heavy atom. The molecule has 38 heavy (non-hydrogen) atoms. The smallest absolute Gasteiger partial charge is 0.276 e. The van der Waals surface area contributed by atoms with Crippen molar-refractivity contribution in [2.24, 2.45) is 0 Å². The van der Waals surface area contributed by atoms with Crippen molar-refractivity contribution in [2.75, 3.05) is 19.5 Å². The SMILES string of the molecule is COc1ccc(C(C)(C)c2cc(Cl)cc(NC(=O)c3cc4cc(C(C)(C)S(=O)(=O)OC)ccc4s3)c2)cc1. The number of methoxy groups -OCH3 is 1. The zero-order chi connectivity index (χ0) is 27.9. The Balaban J connectivity index is 1.62. The average molecular weight is 572 g/mol. The van der Waals surface area contributed by atoms with Crippen molar-refractivity contribution in [1.82, 2.24) is 0 Å². The second-order valence-electron chi connectivity index (χ2n) is 10.0. The zero-order valence-corrected chi connectivity index (χ0v) is 24.5. The third-order valence-corrected chi connectivity index (χ3v) is 10.2. The fourth-order valence-electron chi connectivity index (χ4n) is 4.27. The van der Waals surface area contributed by atoms with Gasteiger partial charge in [-0.2, -0.15) is 8.42 Å². The fraction of sp³-hybridized carbons (Fsp3) is 0.276. The highest BCUT2D eigenvalue weighted by atomic mass is 35.5. The van der Waals surface area contributed by atoms with Crippen LogP contribution in [0.4, 0.5) is 5.69 Å². The topological polar surface area (TPSA) is 81.7 Å². The molecule has 0 spiro atoms. The molecule has 9 heteroatoms. The first-order valence-electron chi connectivity index (χ1n) is 11.9. The molecule has 0 radical (unpaired) electrons. The molecule has 0 saturated carbocycles. The predicted molar refractivity (Wildman–Crippen MR) is 155 cm³/mol. The molecule has 1 aromatic heterocycles. The number of halogens is 1. The minimum atomic E-state index is -3.81. The van der Waals surface area contributed by atoms with Crippen LogP contribution in [0.2, 0.25) is 5.02 Å². The third kappa shape index (κ3) is 5.31. The second kappa shape index (κ2) is 10.3. The van der Waals surface area contributed by atoms with E-state index in [4.69, 9.17) is 20.5 Å². The first-order chi connectivity index (χ1) is 17.8. The van der Waals surface area contributed by atoms with Crippen LogP contribution in [0.1, 0.15) is 54.1 Å². The molecule has 1 heterocycles. The molecule has 0 atom stereocenters. The van der Waals surface area contributed by atoms with Crippen LogP contribution in [-0.4, -0.2) is 28.5 Å². The van der Waals surface area contributed by atoms with Crippen LogP contribution in [0, 0.1) is 0 Å². The largest absolute Gasteiger partial charge is 0.497 e. The van der Waals surface area contributed by atoms with Gasteiger partial charge in [0.15, 0.2) is 0 Å². The number of carbonyl (C=O) groups excluding carboxylic acids is 1. The lowest BCUT2D eigenvalue weighted by atomic mass is 9.78. The number of fused-ring (bicyclic) bond motifs is 1. The predicted octanol–water partition coefficient (Wildman–Crippen LogP) is 7.35. The molecule has 6 nitrogen and oxygen atoms in total. The maximum absolute atomic E-state index is 13.2. The van der Waals surface area contributed by atoms with Crippen LogP contribution in [0.5, 0.6) is 5.75 Å². The summed E-state index contributed by atoms with van der Waals surface area (Å²) in [7, 11) is -1.02. The van der Waals surface area contributed by atoms with E-state index in [9.17, 15) is 13.2 Å². The summed E-state index contributed by atoms with van der Waals surface area (Å²) in [6.07, 6.45) is 0. The highest BCUT2D eigenvalue weighted by molar-refractivity contribution is 7.87. The number of benzene rings is 3. The summed E-state index contributed by atoms with van der Waals surface area (Å²) in [4.78, 5) is 13.7. The van der Waals surface area contributed by atoms with Crippen LogP contribution in [0.3, 0.4) is 0 Å². The molecular formula is C29H30ClNO5S2. The molecule has 0 unspecified atom stereocenters. The molecule has 0 aliphatic heterocycles. The first kappa shape index (κ1) is 28.1. The van der Waals surface area contributed by atoms with Gasteiger partial charge in [-0.3, -0.25) is 8.98 Å². The van der Waals surface area contributed by atoms with Gasteiger partial charge in [0.25, 0.3) is 16.0 Å². The minimum absolute atomic E-state index is 0.271. The number of hydrogen-bond donors (Lipinski definition) is 1. The first-order valence-corrected chi connectivity index (χ1v) is 14.5. The lowest BCUT2D eigenvalue weighted by molar-refractivity contribution is 0.103. The highest BCUT2D eigenvalue weighted by Crippen LogP contribution is 2.37. The molecule has 200 valence electrons. The lowest BCUT2D eigenvalue weighted by Gasteiger charge is -2.27. The Morgan fingerprint density at radius 1 is 0.868 bits per heavy atom. The van der Waals surface area contributed by atoms with Gasteiger partial charge in [-0.1, -0.05) is 43.6 Å². The van der Waals surface area contributed by atoms with E-state index in [2.05, 4.69) is 19.2 Å². The van der Waals surface area contributed by atoms with E-state index in [1.54, 1.807) is 45.2 Å². The molecule has 0 aliphatic rings. The number of ether oxygens (including phenoxy) is 1. The van der Waals surface area contributed by atoms with Crippen molar-refractivity contribution >= 4 is 54.7 Å². The molecule has 1 N–H and O–H groups in total. The Kier molecular flexibility index (Phi) is 7.65. The standard InChI is InChI=1S/C29H30ClNO5S2/c1-28(2,19-7-10-24(35-5)11-8-19)21-15-22(30)17-23(16-21)31-27(32)26-14-18-13-20(9-12-25(18)37-26)29(3,4)38(33,34)36-6/h7-17H,1-6H3,(H,31,32).